The van der Waals surface area contributed by atoms with E-state index in [1.807, 2.05) is 11.8 Å². The number of halogens is 2. The summed E-state index contributed by atoms with van der Waals surface area (Å²) in [5.41, 5.74) is 0.888. The van der Waals surface area contributed by atoms with Gasteiger partial charge in [-0.15, -0.1) is 0 Å². The third-order valence-electron chi connectivity index (χ3n) is 2.64. The SMILES string of the molecule is CCNC(CCSC)Cc1cc(F)ccc1Cl. The van der Waals surface area contributed by atoms with Crippen LogP contribution in [0.1, 0.15) is 18.9 Å². The van der Waals surface area contributed by atoms with E-state index in [9.17, 15) is 4.39 Å². The molecule has 1 unspecified atom stereocenters. The number of benzene rings is 1. The van der Waals surface area contributed by atoms with E-state index in [0.717, 1.165) is 30.7 Å². The van der Waals surface area contributed by atoms with Gasteiger partial charge in [0.25, 0.3) is 0 Å². The van der Waals surface area contributed by atoms with Crippen molar-refractivity contribution in [2.75, 3.05) is 18.6 Å². The van der Waals surface area contributed by atoms with Crippen molar-refractivity contribution in [3.05, 3.63) is 34.6 Å². The maximum Gasteiger partial charge on any atom is 0.123 e. The highest BCUT2D eigenvalue weighted by molar-refractivity contribution is 7.98. The van der Waals surface area contributed by atoms with Gasteiger partial charge in [-0.05, 0) is 55.2 Å². The smallest absolute Gasteiger partial charge is 0.123 e. The van der Waals surface area contributed by atoms with E-state index in [4.69, 9.17) is 11.6 Å². The number of likely N-dealkylation sites (N-methyl/N-ethyl adjacent to an activating group) is 1. The second-order valence-electron chi connectivity index (χ2n) is 3.98. The highest BCUT2D eigenvalue weighted by atomic mass is 35.5. The molecule has 0 amide bonds. The first-order valence-electron chi connectivity index (χ1n) is 5.83. The molecule has 0 heterocycles. The standard InChI is InChI=1S/C13H19ClFNS/c1-3-16-12(6-7-17-2)9-10-8-11(15)4-5-13(10)14/h4-5,8,12,16H,3,6-7,9H2,1-2H3. The van der Waals surface area contributed by atoms with Crippen LogP contribution < -0.4 is 5.32 Å². The molecule has 0 aliphatic heterocycles. The van der Waals surface area contributed by atoms with Crippen LogP contribution in [0, 0.1) is 5.82 Å². The number of rotatable bonds is 7. The lowest BCUT2D eigenvalue weighted by molar-refractivity contribution is 0.512. The predicted molar refractivity (Wildman–Crippen MR) is 75.6 cm³/mol. The Bertz CT molecular complexity index is 346. The van der Waals surface area contributed by atoms with Gasteiger partial charge in [0.1, 0.15) is 5.82 Å². The molecule has 1 atom stereocenters. The molecule has 0 radical (unpaired) electrons. The van der Waals surface area contributed by atoms with Crippen molar-refractivity contribution in [2.24, 2.45) is 0 Å². The maximum atomic E-state index is 13.2. The molecular weight excluding hydrogens is 257 g/mol. The average Bonchev–Trinajstić information content (AvgIpc) is 2.31. The monoisotopic (exact) mass is 275 g/mol. The van der Waals surface area contributed by atoms with Gasteiger partial charge in [-0.25, -0.2) is 4.39 Å². The molecule has 1 nitrogen and oxygen atoms in total. The van der Waals surface area contributed by atoms with Gasteiger partial charge in [0.2, 0.25) is 0 Å². The van der Waals surface area contributed by atoms with Gasteiger partial charge < -0.3 is 5.32 Å². The Morgan fingerprint density at radius 3 is 2.88 bits per heavy atom. The molecule has 1 N–H and O–H groups in total. The fraction of sp³-hybridized carbons (Fsp3) is 0.538. The highest BCUT2D eigenvalue weighted by Gasteiger charge is 2.11. The summed E-state index contributed by atoms with van der Waals surface area (Å²) in [7, 11) is 0. The highest BCUT2D eigenvalue weighted by Crippen LogP contribution is 2.19. The molecule has 0 bridgehead atoms. The molecule has 0 fully saturated rings. The zero-order valence-corrected chi connectivity index (χ0v) is 11.9. The number of thioether (sulfide) groups is 1. The van der Waals surface area contributed by atoms with Crippen molar-refractivity contribution in [2.45, 2.75) is 25.8 Å². The molecule has 0 aliphatic rings. The molecule has 0 aromatic heterocycles. The fourth-order valence-electron chi connectivity index (χ4n) is 1.79. The minimum absolute atomic E-state index is 0.218. The third kappa shape index (κ3) is 5.28. The van der Waals surface area contributed by atoms with Crippen LogP contribution in [0.3, 0.4) is 0 Å². The summed E-state index contributed by atoms with van der Waals surface area (Å²) in [4.78, 5) is 0. The maximum absolute atomic E-state index is 13.2. The Kier molecular flexibility index (Phi) is 6.93. The Morgan fingerprint density at radius 1 is 1.47 bits per heavy atom. The van der Waals surface area contributed by atoms with Crippen molar-refractivity contribution in [3.8, 4) is 0 Å². The Balaban J connectivity index is 2.67. The van der Waals surface area contributed by atoms with Crippen molar-refractivity contribution in [3.63, 3.8) is 0 Å². The van der Waals surface area contributed by atoms with Crippen molar-refractivity contribution in [1.82, 2.24) is 5.32 Å². The second-order valence-corrected chi connectivity index (χ2v) is 5.37. The molecule has 0 spiro atoms. The minimum atomic E-state index is -0.218. The Morgan fingerprint density at radius 2 is 2.24 bits per heavy atom. The molecule has 1 aromatic rings. The summed E-state index contributed by atoms with van der Waals surface area (Å²) >= 11 is 7.90. The van der Waals surface area contributed by atoms with Gasteiger partial charge in [0.05, 0.1) is 0 Å². The Labute approximate surface area is 112 Å². The fourth-order valence-corrected chi connectivity index (χ4v) is 2.51. The zero-order chi connectivity index (χ0) is 12.7. The first-order chi connectivity index (χ1) is 8.17. The van der Waals surface area contributed by atoms with E-state index in [2.05, 4.69) is 18.5 Å². The van der Waals surface area contributed by atoms with Gasteiger partial charge in [-0.2, -0.15) is 11.8 Å². The summed E-state index contributed by atoms with van der Waals surface area (Å²) in [6.07, 6.45) is 3.95. The van der Waals surface area contributed by atoms with Crippen molar-refractivity contribution >= 4 is 23.4 Å². The average molecular weight is 276 g/mol. The summed E-state index contributed by atoms with van der Waals surface area (Å²) in [6.45, 7) is 3.01. The molecule has 17 heavy (non-hydrogen) atoms. The summed E-state index contributed by atoms with van der Waals surface area (Å²) < 4.78 is 13.2. The molecule has 1 rings (SSSR count). The van der Waals surface area contributed by atoms with Crippen LogP contribution in [0.5, 0.6) is 0 Å². The molecule has 0 saturated carbocycles. The van der Waals surface area contributed by atoms with E-state index >= 15 is 0 Å². The zero-order valence-electron chi connectivity index (χ0n) is 10.3. The quantitative estimate of drug-likeness (QED) is 0.813. The second kappa shape index (κ2) is 7.96. The van der Waals surface area contributed by atoms with E-state index in [-0.39, 0.29) is 5.82 Å². The van der Waals surface area contributed by atoms with Crippen LogP contribution in [-0.4, -0.2) is 24.6 Å². The molecule has 0 saturated heterocycles. The van der Waals surface area contributed by atoms with E-state index < -0.39 is 0 Å². The van der Waals surface area contributed by atoms with Gasteiger partial charge >= 0.3 is 0 Å². The molecular formula is C13H19ClFNS. The minimum Gasteiger partial charge on any atom is -0.314 e. The van der Waals surface area contributed by atoms with Crippen LogP contribution in [-0.2, 0) is 6.42 Å². The summed E-state index contributed by atoms with van der Waals surface area (Å²) in [5.74, 6) is 0.884. The molecule has 96 valence electrons. The van der Waals surface area contributed by atoms with Crippen molar-refractivity contribution < 1.29 is 4.39 Å². The van der Waals surface area contributed by atoms with E-state index in [1.165, 1.54) is 12.1 Å². The van der Waals surface area contributed by atoms with Gasteiger partial charge in [-0.1, -0.05) is 18.5 Å². The largest absolute Gasteiger partial charge is 0.314 e. The topological polar surface area (TPSA) is 12.0 Å². The normalized spacial score (nSPS) is 12.7. The number of hydrogen-bond donors (Lipinski definition) is 1. The summed E-state index contributed by atoms with van der Waals surface area (Å²) in [5, 5.41) is 4.07. The molecule has 1 aromatic carbocycles. The number of hydrogen-bond acceptors (Lipinski definition) is 2. The lowest BCUT2D eigenvalue weighted by atomic mass is 10.0. The van der Waals surface area contributed by atoms with Crippen LogP contribution >= 0.6 is 23.4 Å². The van der Waals surface area contributed by atoms with Crippen molar-refractivity contribution in [1.29, 1.82) is 0 Å². The predicted octanol–water partition coefficient (Wildman–Crippen LogP) is 3.75. The van der Waals surface area contributed by atoms with Gasteiger partial charge in [0.15, 0.2) is 0 Å². The molecule has 4 heteroatoms. The molecule has 0 aliphatic carbocycles. The van der Waals surface area contributed by atoms with Crippen LogP contribution in [0.25, 0.3) is 0 Å². The lowest BCUT2D eigenvalue weighted by Gasteiger charge is -2.18. The van der Waals surface area contributed by atoms with Crippen LogP contribution in [0.15, 0.2) is 18.2 Å². The first-order valence-corrected chi connectivity index (χ1v) is 7.60. The van der Waals surface area contributed by atoms with Crippen LogP contribution in [0.4, 0.5) is 4.39 Å². The third-order valence-corrected chi connectivity index (χ3v) is 3.65. The number of nitrogens with one attached hydrogen (secondary N) is 1. The van der Waals surface area contributed by atoms with Crippen LogP contribution in [0.2, 0.25) is 5.02 Å². The van der Waals surface area contributed by atoms with Gasteiger partial charge in [-0.3, -0.25) is 0 Å². The Hall–Kier alpha value is -0.250. The lowest BCUT2D eigenvalue weighted by Crippen LogP contribution is -2.31. The van der Waals surface area contributed by atoms with Gasteiger partial charge in [0, 0.05) is 11.1 Å². The van der Waals surface area contributed by atoms with E-state index in [0.29, 0.717) is 11.1 Å². The van der Waals surface area contributed by atoms with E-state index in [1.54, 1.807) is 6.07 Å². The summed E-state index contributed by atoms with van der Waals surface area (Å²) in [6, 6.07) is 4.93. The first kappa shape index (κ1) is 14.8.